The Morgan fingerprint density at radius 3 is 2.42 bits per heavy atom. The lowest BCUT2D eigenvalue weighted by atomic mass is 10.1. The summed E-state index contributed by atoms with van der Waals surface area (Å²) in [6.45, 7) is 3.43. The number of carboxylic acid groups (broad SMARTS) is 1. The van der Waals surface area contributed by atoms with E-state index >= 15 is 0 Å². The van der Waals surface area contributed by atoms with Crippen molar-refractivity contribution in [2.24, 2.45) is 5.92 Å². The molecule has 0 aromatic carbocycles. The Bertz CT molecular complexity index is 157. The minimum Gasteiger partial charge on any atom is -0.475 e. The molecule has 0 aromatic heterocycles. The van der Waals surface area contributed by atoms with E-state index in [2.05, 4.69) is 4.74 Å². The van der Waals surface area contributed by atoms with Gasteiger partial charge in [-0.15, -0.1) is 0 Å². The van der Waals surface area contributed by atoms with Crippen molar-refractivity contribution in [1.82, 2.24) is 0 Å². The number of hydrogen-bond acceptors (Lipinski definition) is 2. The Hall–Kier alpha value is -0.710. The van der Waals surface area contributed by atoms with Gasteiger partial charge in [0.2, 0.25) is 0 Å². The van der Waals surface area contributed by atoms with E-state index < -0.39 is 12.1 Å². The number of carboxylic acids is 1. The summed E-state index contributed by atoms with van der Waals surface area (Å²) in [5.74, 6) is -2.03. The van der Waals surface area contributed by atoms with Crippen molar-refractivity contribution in [2.75, 3.05) is 6.61 Å². The molecule has 3 nitrogen and oxygen atoms in total. The van der Waals surface area contributed by atoms with E-state index in [1.165, 1.54) is 0 Å². The second-order valence-electron chi connectivity index (χ2n) is 2.85. The summed E-state index contributed by atoms with van der Waals surface area (Å²) in [5.41, 5.74) is 0. The van der Waals surface area contributed by atoms with Gasteiger partial charge in [0.1, 0.15) is 0 Å². The molecule has 0 saturated carbocycles. The Balaban J connectivity index is 3.69. The average molecular weight is 182 g/mol. The monoisotopic (exact) mass is 182 g/mol. The van der Waals surface area contributed by atoms with Gasteiger partial charge < -0.3 is 9.84 Å². The van der Waals surface area contributed by atoms with Crippen LogP contribution in [0.15, 0.2) is 0 Å². The molecule has 72 valence electrons. The molecule has 12 heavy (non-hydrogen) atoms. The molecule has 0 aromatic rings. The van der Waals surface area contributed by atoms with Gasteiger partial charge in [0.25, 0.3) is 0 Å². The zero-order chi connectivity index (χ0) is 9.78. The number of carbonyl (C=O) groups is 1. The molecule has 0 unspecified atom stereocenters. The number of rotatable bonds is 5. The van der Waals surface area contributed by atoms with Crippen LogP contribution in [0.2, 0.25) is 0 Å². The zero-order valence-corrected chi connectivity index (χ0v) is 7.01. The predicted molar refractivity (Wildman–Crippen MR) is 38.0 cm³/mol. The van der Waals surface area contributed by atoms with Crippen LogP contribution in [0.1, 0.15) is 20.3 Å². The molecule has 0 aliphatic heterocycles. The summed E-state index contributed by atoms with van der Waals surface area (Å²) in [4.78, 5) is 9.82. The first-order valence-corrected chi connectivity index (χ1v) is 3.61. The third kappa shape index (κ3) is 4.23. The summed E-state index contributed by atoms with van der Waals surface area (Å²) in [6.07, 6.45) is -3.63. The van der Waals surface area contributed by atoms with Gasteiger partial charge in [-0.25, -0.2) is 4.79 Å². The molecule has 0 fully saturated rings. The third-order valence-electron chi connectivity index (χ3n) is 1.23. The second kappa shape index (κ2) is 4.35. The highest BCUT2D eigenvalue weighted by Crippen LogP contribution is 2.16. The Labute approximate surface area is 69.3 Å². The second-order valence-corrected chi connectivity index (χ2v) is 2.85. The van der Waals surface area contributed by atoms with Crippen LogP contribution in [0.25, 0.3) is 0 Å². The minimum atomic E-state index is -4.05. The molecular formula is C7H12F2O3. The quantitative estimate of drug-likeness (QED) is 0.704. The number of aliphatic carboxylic acids is 1. The van der Waals surface area contributed by atoms with Crippen LogP contribution in [-0.2, 0) is 9.53 Å². The van der Waals surface area contributed by atoms with Crippen LogP contribution < -0.4 is 0 Å². The van der Waals surface area contributed by atoms with Crippen molar-refractivity contribution in [3.63, 3.8) is 0 Å². The molecule has 0 amide bonds. The van der Waals surface area contributed by atoms with E-state index in [0.717, 1.165) is 0 Å². The van der Waals surface area contributed by atoms with Gasteiger partial charge in [-0.3, -0.25) is 0 Å². The van der Waals surface area contributed by atoms with Crippen LogP contribution in [0.3, 0.4) is 0 Å². The lowest BCUT2D eigenvalue weighted by Crippen LogP contribution is -2.32. The Morgan fingerprint density at radius 1 is 1.58 bits per heavy atom. The Kier molecular flexibility index (Phi) is 4.09. The van der Waals surface area contributed by atoms with Crippen molar-refractivity contribution in [3.8, 4) is 0 Å². The van der Waals surface area contributed by atoms with Gasteiger partial charge in [-0.05, 0) is 12.3 Å². The molecular weight excluding hydrogens is 170 g/mol. The number of alkyl halides is 2. The van der Waals surface area contributed by atoms with Gasteiger partial charge in [0.05, 0.1) is 6.61 Å². The largest absolute Gasteiger partial charge is 0.475 e. The molecule has 0 heterocycles. The third-order valence-corrected chi connectivity index (χ3v) is 1.23. The molecule has 1 N–H and O–H groups in total. The van der Waals surface area contributed by atoms with Gasteiger partial charge in [-0.1, -0.05) is 13.8 Å². The number of ether oxygens (including phenoxy) is 1. The molecule has 0 rings (SSSR count). The van der Waals surface area contributed by atoms with Gasteiger partial charge in [-0.2, -0.15) is 8.78 Å². The van der Waals surface area contributed by atoms with Crippen LogP contribution in [0.5, 0.6) is 0 Å². The smallest absolute Gasteiger partial charge is 0.455 e. The van der Waals surface area contributed by atoms with E-state index in [1.54, 1.807) is 0 Å². The zero-order valence-electron chi connectivity index (χ0n) is 7.01. The first kappa shape index (κ1) is 11.3. The lowest BCUT2D eigenvalue weighted by molar-refractivity contribution is -0.246. The van der Waals surface area contributed by atoms with E-state index in [4.69, 9.17) is 5.11 Å². The molecule has 0 saturated heterocycles. The van der Waals surface area contributed by atoms with Crippen LogP contribution in [0.4, 0.5) is 8.78 Å². The SMILES string of the molecule is CC(C)CCOC(F)(F)C(=O)O. The van der Waals surface area contributed by atoms with Crippen molar-refractivity contribution in [3.05, 3.63) is 0 Å². The van der Waals surface area contributed by atoms with Crippen LogP contribution >= 0.6 is 0 Å². The molecule has 5 heteroatoms. The normalized spacial score (nSPS) is 12.1. The fourth-order valence-electron chi connectivity index (χ4n) is 0.485. The van der Waals surface area contributed by atoms with Crippen molar-refractivity contribution >= 4 is 5.97 Å². The highest BCUT2D eigenvalue weighted by Gasteiger charge is 2.40. The minimum absolute atomic E-state index is 0.217. The van der Waals surface area contributed by atoms with Crippen LogP contribution in [-0.4, -0.2) is 23.8 Å². The molecule has 0 radical (unpaired) electrons. The van der Waals surface area contributed by atoms with Gasteiger partial charge >= 0.3 is 12.1 Å². The van der Waals surface area contributed by atoms with E-state index in [0.29, 0.717) is 6.42 Å². The standard InChI is InChI=1S/C7H12F2O3/c1-5(2)3-4-12-7(8,9)6(10)11/h5H,3-4H2,1-2H3,(H,10,11). The molecule has 0 spiro atoms. The van der Waals surface area contributed by atoms with Crippen molar-refractivity contribution in [2.45, 2.75) is 26.4 Å². The van der Waals surface area contributed by atoms with Crippen LogP contribution in [0, 0.1) is 5.92 Å². The first-order valence-electron chi connectivity index (χ1n) is 3.61. The topological polar surface area (TPSA) is 46.5 Å². The molecule has 0 aliphatic rings. The summed E-state index contributed by atoms with van der Waals surface area (Å²) in [7, 11) is 0. The summed E-state index contributed by atoms with van der Waals surface area (Å²) < 4.78 is 28.2. The van der Waals surface area contributed by atoms with E-state index in [9.17, 15) is 13.6 Å². The molecule has 0 bridgehead atoms. The van der Waals surface area contributed by atoms with Gasteiger partial charge in [0, 0.05) is 0 Å². The van der Waals surface area contributed by atoms with E-state index in [-0.39, 0.29) is 12.5 Å². The van der Waals surface area contributed by atoms with Crippen molar-refractivity contribution in [1.29, 1.82) is 0 Å². The van der Waals surface area contributed by atoms with E-state index in [1.807, 2.05) is 13.8 Å². The van der Waals surface area contributed by atoms with Gasteiger partial charge in [0.15, 0.2) is 0 Å². The highest BCUT2D eigenvalue weighted by molar-refractivity contribution is 5.73. The Morgan fingerprint density at radius 2 is 2.08 bits per heavy atom. The molecule has 0 aliphatic carbocycles. The number of halogens is 2. The highest BCUT2D eigenvalue weighted by atomic mass is 19.3. The maximum atomic E-state index is 12.2. The maximum Gasteiger partial charge on any atom is 0.455 e. The summed E-state index contributed by atoms with van der Waals surface area (Å²) >= 11 is 0. The fourth-order valence-corrected chi connectivity index (χ4v) is 0.485. The maximum absolute atomic E-state index is 12.2. The summed E-state index contributed by atoms with van der Waals surface area (Å²) in [5, 5.41) is 7.93. The number of hydrogen-bond donors (Lipinski definition) is 1. The molecule has 0 atom stereocenters. The fraction of sp³-hybridized carbons (Fsp3) is 0.857. The lowest BCUT2D eigenvalue weighted by Gasteiger charge is -2.12. The first-order chi connectivity index (χ1) is 5.36. The predicted octanol–water partition coefficient (Wildman–Crippen LogP) is 1.73. The summed E-state index contributed by atoms with van der Waals surface area (Å²) in [6, 6.07) is 0. The van der Waals surface area contributed by atoms with Crippen molar-refractivity contribution < 1.29 is 23.4 Å². The average Bonchev–Trinajstić information content (AvgIpc) is 1.85.